The van der Waals surface area contributed by atoms with Gasteiger partial charge in [0.15, 0.2) is 0 Å². The highest BCUT2D eigenvalue weighted by Crippen LogP contribution is 2.42. The van der Waals surface area contributed by atoms with E-state index in [0.717, 1.165) is 4.47 Å². The number of carbonyl (C=O) groups excluding carboxylic acids is 2. The minimum atomic E-state index is -0.858. The van der Waals surface area contributed by atoms with Gasteiger partial charge in [-0.3, -0.25) is 14.5 Å². The number of amides is 1. The number of rotatable bonds is 4. The maximum atomic E-state index is 13.1. The molecule has 0 bridgehead atoms. The Bertz CT molecular complexity index is 1200. The zero-order valence-corrected chi connectivity index (χ0v) is 18.6. The van der Waals surface area contributed by atoms with Crippen molar-refractivity contribution in [2.45, 2.75) is 6.04 Å². The number of pyridine rings is 1. The quantitative estimate of drug-likeness (QED) is 0.306. The van der Waals surface area contributed by atoms with Crippen LogP contribution in [0.5, 0.6) is 5.75 Å². The van der Waals surface area contributed by atoms with Crippen molar-refractivity contribution in [1.29, 1.82) is 0 Å². The molecule has 1 unspecified atom stereocenters. The summed E-state index contributed by atoms with van der Waals surface area (Å²) in [4.78, 5) is 31.6. The normalized spacial score (nSPS) is 17.8. The summed E-state index contributed by atoms with van der Waals surface area (Å²) in [5, 5.41) is 11.4. The number of aliphatic hydroxyl groups excluding tert-OH is 1. The molecule has 0 radical (unpaired) electrons. The molecule has 4 rings (SSSR count). The number of ketones is 1. The molecule has 1 aliphatic heterocycles. The highest BCUT2D eigenvalue weighted by Gasteiger charge is 2.47. The zero-order valence-electron chi connectivity index (χ0n) is 16.3. The number of aliphatic hydroxyl groups is 1. The summed E-state index contributed by atoms with van der Waals surface area (Å²) in [6.07, 6.45) is 1.54. The Kier molecular flexibility index (Phi) is 5.80. The summed E-state index contributed by atoms with van der Waals surface area (Å²) >= 11 is 9.60. The van der Waals surface area contributed by atoms with E-state index in [4.69, 9.17) is 16.3 Å². The van der Waals surface area contributed by atoms with Crippen molar-refractivity contribution in [3.05, 3.63) is 93.1 Å². The van der Waals surface area contributed by atoms with Gasteiger partial charge in [-0.15, -0.1) is 0 Å². The van der Waals surface area contributed by atoms with Crippen molar-refractivity contribution in [1.82, 2.24) is 4.98 Å². The first-order chi connectivity index (χ1) is 14.9. The second-order valence-electron chi connectivity index (χ2n) is 6.76. The van der Waals surface area contributed by atoms with Gasteiger partial charge in [0.05, 0.1) is 23.7 Å². The minimum absolute atomic E-state index is 0.0424. The molecule has 3 aromatic rings. The molecular weight excluding hydrogens is 484 g/mol. The Morgan fingerprint density at radius 2 is 1.87 bits per heavy atom. The van der Waals surface area contributed by atoms with Crippen molar-refractivity contribution in [2.24, 2.45) is 0 Å². The fourth-order valence-electron chi connectivity index (χ4n) is 3.49. The molecule has 6 nitrogen and oxygen atoms in total. The van der Waals surface area contributed by atoms with Crippen LogP contribution in [-0.4, -0.2) is 28.9 Å². The molecule has 0 aliphatic carbocycles. The topological polar surface area (TPSA) is 79.7 Å². The highest BCUT2D eigenvalue weighted by atomic mass is 79.9. The number of anilines is 1. The van der Waals surface area contributed by atoms with E-state index in [1.165, 1.54) is 24.3 Å². The predicted octanol–water partition coefficient (Wildman–Crippen LogP) is 5.13. The number of carbonyl (C=O) groups is 2. The average molecular weight is 500 g/mol. The molecule has 2 heterocycles. The van der Waals surface area contributed by atoms with Crippen LogP contribution in [0, 0.1) is 0 Å². The maximum Gasteiger partial charge on any atom is 0.301 e. The molecule has 1 saturated heterocycles. The van der Waals surface area contributed by atoms with Crippen LogP contribution in [0.2, 0.25) is 5.02 Å². The van der Waals surface area contributed by atoms with E-state index in [-0.39, 0.29) is 16.4 Å². The van der Waals surface area contributed by atoms with E-state index in [1.807, 2.05) is 0 Å². The van der Waals surface area contributed by atoms with Gasteiger partial charge in [0, 0.05) is 16.2 Å². The minimum Gasteiger partial charge on any atom is -0.507 e. The Balaban J connectivity index is 1.93. The van der Waals surface area contributed by atoms with Gasteiger partial charge in [-0.05, 0) is 48.0 Å². The fraction of sp³-hybridized carbons (Fsp3) is 0.0870. The molecule has 1 atom stereocenters. The number of Topliss-reactive ketones (excluding diaryl/α,β-unsaturated/α-hetero) is 1. The second kappa shape index (κ2) is 8.53. The van der Waals surface area contributed by atoms with E-state index >= 15 is 0 Å². The third-order valence-electron chi connectivity index (χ3n) is 4.95. The maximum absolute atomic E-state index is 13.1. The van der Waals surface area contributed by atoms with Crippen LogP contribution in [0.15, 0.2) is 76.9 Å². The summed E-state index contributed by atoms with van der Waals surface area (Å²) in [5.74, 6) is -1.16. The number of hydrogen-bond donors (Lipinski definition) is 1. The Morgan fingerprint density at radius 1 is 1.13 bits per heavy atom. The fourth-order valence-corrected chi connectivity index (χ4v) is 4.02. The van der Waals surface area contributed by atoms with E-state index in [0.29, 0.717) is 22.7 Å². The zero-order chi connectivity index (χ0) is 22.1. The molecule has 1 N–H and O–H groups in total. The van der Waals surface area contributed by atoms with Gasteiger partial charge in [-0.2, -0.15) is 0 Å². The van der Waals surface area contributed by atoms with Gasteiger partial charge < -0.3 is 9.84 Å². The molecular formula is C23H16BrClN2O4. The van der Waals surface area contributed by atoms with Crippen molar-refractivity contribution in [2.75, 3.05) is 12.0 Å². The first-order valence-electron chi connectivity index (χ1n) is 9.23. The SMILES string of the molecule is COc1ccc(C(O)=C2C(=O)C(=O)N(c3ccccn3)C2c2ccc(Br)cc2)cc1Cl. The van der Waals surface area contributed by atoms with E-state index in [1.54, 1.807) is 54.6 Å². The van der Waals surface area contributed by atoms with Crippen molar-refractivity contribution < 1.29 is 19.4 Å². The summed E-state index contributed by atoms with van der Waals surface area (Å²) in [7, 11) is 1.48. The number of aromatic nitrogens is 1. The highest BCUT2D eigenvalue weighted by molar-refractivity contribution is 9.10. The first-order valence-corrected chi connectivity index (χ1v) is 10.4. The van der Waals surface area contributed by atoms with Gasteiger partial charge in [-0.1, -0.05) is 45.7 Å². The van der Waals surface area contributed by atoms with Crippen LogP contribution in [0.25, 0.3) is 5.76 Å². The predicted molar refractivity (Wildman–Crippen MR) is 121 cm³/mol. The molecule has 1 amide bonds. The Hall–Kier alpha value is -3.16. The van der Waals surface area contributed by atoms with Gasteiger partial charge in [0.1, 0.15) is 17.3 Å². The molecule has 1 aliphatic rings. The van der Waals surface area contributed by atoms with Crippen LogP contribution >= 0.6 is 27.5 Å². The first kappa shape index (κ1) is 21.1. The smallest absolute Gasteiger partial charge is 0.301 e. The van der Waals surface area contributed by atoms with Gasteiger partial charge >= 0.3 is 5.91 Å². The third kappa shape index (κ3) is 3.82. The lowest BCUT2D eigenvalue weighted by atomic mass is 9.95. The molecule has 1 aromatic heterocycles. The lowest BCUT2D eigenvalue weighted by Crippen LogP contribution is -2.30. The van der Waals surface area contributed by atoms with E-state index in [9.17, 15) is 14.7 Å². The van der Waals surface area contributed by atoms with Crippen molar-refractivity contribution in [3.8, 4) is 5.75 Å². The van der Waals surface area contributed by atoms with Crippen LogP contribution in [0.3, 0.4) is 0 Å². The van der Waals surface area contributed by atoms with Crippen molar-refractivity contribution >= 4 is 50.8 Å². The monoisotopic (exact) mass is 498 g/mol. The number of benzene rings is 2. The lowest BCUT2D eigenvalue weighted by molar-refractivity contribution is -0.132. The number of methoxy groups -OCH3 is 1. The van der Waals surface area contributed by atoms with Gasteiger partial charge in [-0.25, -0.2) is 4.98 Å². The van der Waals surface area contributed by atoms with E-state index < -0.39 is 17.7 Å². The Morgan fingerprint density at radius 3 is 2.48 bits per heavy atom. The molecule has 2 aromatic carbocycles. The summed E-state index contributed by atoms with van der Waals surface area (Å²) in [5.41, 5.74) is 0.903. The number of hydrogen-bond acceptors (Lipinski definition) is 5. The summed E-state index contributed by atoms with van der Waals surface area (Å²) in [6.45, 7) is 0. The van der Waals surface area contributed by atoms with Gasteiger partial charge in [0.2, 0.25) is 0 Å². The molecule has 1 fully saturated rings. The molecule has 0 saturated carbocycles. The molecule has 0 spiro atoms. The van der Waals surface area contributed by atoms with Crippen LogP contribution in [-0.2, 0) is 9.59 Å². The Labute approximate surface area is 191 Å². The number of halogens is 2. The van der Waals surface area contributed by atoms with Crippen LogP contribution in [0.4, 0.5) is 5.82 Å². The lowest BCUT2D eigenvalue weighted by Gasteiger charge is -2.24. The van der Waals surface area contributed by atoms with Crippen molar-refractivity contribution in [3.63, 3.8) is 0 Å². The summed E-state index contributed by atoms with van der Waals surface area (Å²) in [6, 6.07) is 16.0. The van der Waals surface area contributed by atoms with Crippen LogP contribution < -0.4 is 9.64 Å². The summed E-state index contributed by atoms with van der Waals surface area (Å²) < 4.78 is 5.99. The second-order valence-corrected chi connectivity index (χ2v) is 8.08. The van der Waals surface area contributed by atoms with Crippen LogP contribution in [0.1, 0.15) is 17.2 Å². The average Bonchev–Trinajstić information content (AvgIpc) is 3.05. The standard InChI is InChI=1S/C23H16BrClN2O4/c1-31-17-10-7-14(12-16(17)25)21(28)19-20(13-5-8-15(24)9-6-13)27(23(30)22(19)29)18-4-2-3-11-26-18/h2-12,20,28H,1H3. The molecule has 156 valence electrons. The van der Waals surface area contributed by atoms with E-state index in [2.05, 4.69) is 20.9 Å². The molecule has 31 heavy (non-hydrogen) atoms. The third-order valence-corrected chi connectivity index (χ3v) is 5.78. The molecule has 8 heteroatoms. The number of ether oxygens (including phenoxy) is 1. The number of nitrogens with zero attached hydrogens (tertiary/aromatic N) is 2. The van der Waals surface area contributed by atoms with Gasteiger partial charge in [0.25, 0.3) is 5.78 Å². The largest absolute Gasteiger partial charge is 0.507 e.